The van der Waals surface area contributed by atoms with Crippen LogP contribution >= 0.6 is 11.6 Å². The zero-order valence-electron chi connectivity index (χ0n) is 9.40. The van der Waals surface area contributed by atoms with E-state index in [2.05, 4.69) is 11.0 Å². The van der Waals surface area contributed by atoms with Gasteiger partial charge in [-0.05, 0) is 36.9 Å². The van der Waals surface area contributed by atoms with E-state index in [1.165, 1.54) is 12.0 Å². The molecule has 3 heteroatoms. The highest BCUT2D eigenvalue weighted by Crippen LogP contribution is 2.21. The zero-order valence-corrected chi connectivity index (χ0v) is 10.2. The second kappa shape index (κ2) is 5.67. The Balaban J connectivity index is 1.97. The quantitative estimate of drug-likeness (QED) is 0.877. The lowest BCUT2D eigenvalue weighted by Crippen LogP contribution is -2.36. The van der Waals surface area contributed by atoms with Crippen molar-refractivity contribution in [3.63, 3.8) is 0 Å². The largest absolute Gasteiger partial charge is 0.396 e. The number of hydrogen-bond donors (Lipinski definition) is 1. The van der Waals surface area contributed by atoms with Crippen LogP contribution in [0.1, 0.15) is 18.4 Å². The maximum Gasteiger partial charge on any atom is 0.0471 e. The summed E-state index contributed by atoms with van der Waals surface area (Å²) in [5, 5.41) is 10.0. The first-order valence-corrected chi connectivity index (χ1v) is 6.24. The van der Waals surface area contributed by atoms with Gasteiger partial charge in [0.05, 0.1) is 0 Å². The summed E-state index contributed by atoms with van der Waals surface area (Å²) < 4.78 is 0. The highest BCUT2D eigenvalue weighted by molar-refractivity contribution is 6.31. The summed E-state index contributed by atoms with van der Waals surface area (Å²) in [6, 6.07) is 7.99. The molecule has 2 nitrogen and oxygen atoms in total. The number of benzene rings is 1. The summed E-state index contributed by atoms with van der Waals surface area (Å²) in [5.41, 5.74) is 1.18. The van der Waals surface area contributed by atoms with E-state index in [1.54, 1.807) is 0 Å². The molecule has 0 aliphatic carbocycles. The maximum absolute atomic E-state index is 9.18. The van der Waals surface area contributed by atoms with Crippen LogP contribution in [-0.2, 0) is 6.54 Å². The first kappa shape index (κ1) is 11.9. The number of rotatable bonds is 3. The van der Waals surface area contributed by atoms with Crippen LogP contribution in [0.5, 0.6) is 0 Å². The van der Waals surface area contributed by atoms with Gasteiger partial charge in [0.25, 0.3) is 0 Å². The van der Waals surface area contributed by atoms with E-state index < -0.39 is 0 Å². The smallest absolute Gasteiger partial charge is 0.0471 e. The predicted molar refractivity (Wildman–Crippen MR) is 66.5 cm³/mol. The van der Waals surface area contributed by atoms with E-state index in [0.29, 0.717) is 12.5 Å². The molecule has 0 bridgehead atoms. The molecule has 1 aromatic rings. The Morgan fingerprint density at radius 1 is 1.38 bits per heavy atom. The van der Waals surface area contributed by atoms with E-state index in [4.69, 9.17) is 11.6 Å². The van der Waals surface area contributed by atoms with E-state index in [9.17, 15) is 5.11 Å². The molecule has 1 unspecified atom stereocenters. The summed E-state index contributed by atoms with van der Waals surface area (Å²) in [6.45, 7) is 3.30. The normalized spacial score (nSPS) is 22.2. The number of aliphatic hydroxyl groups excluding tert-OH is 1. The van der Waals surface area contributed by atoms with Crippen LogP contribution < -0.4 is 0 Å². The number of aliphatic hydroxyl groups is 1. The first-order chi connectivity index (χ1) is 7.79. The fourth-order valence-electron chi connectivity index (χ4n) is 2.31. The molecule has 1 atom stereocenters. The van der Waals surface area contributed by atoms with E-state index in [0.717, 1.165) is 31.1 Å². The third kappa shape index (κ3) is 2.97. The van der Waals surface area contributed by atoms with Gasteiger partial charge in [0.2, 0.25) is 0 Å². The Hall–Kier alpha value is -0.570. The molecule has 1 fully saturated rings. The standard InChI is InChI=1S/C13H18ClNO/c14-13-6-2-1-5-12(13)9-15-7-3-4-11(8-15)10-16/h1-2,5-6,11,16H,3-4,7-10H2. The van der Waals surface area contributed by atoms with Crippen LogP contribution in [0.15, 0.2) is 24.3 Å². The number of likely N-dealkylation sites (tertiary alicyclic amines) is 1. The Bertz CT molecular complexity index is 342. The Morgan fingerprint density at radius 2 is 2.19 bits per heavy atom. The molecule has 1 aromatic carbocycles. The van der Waals surface area contributed by atoms with E-state index in [-0.39, 0.29) is 0 Å². The average molecular weight is 240 g/mol. The van der Waals surface area contributed by atoms with Crippen molar-refractivity contribution in [1.29, 1.82) is 0 Å². The predicted octanol–water partition coefficient (Wildman–Crippen LogP) is 2.54. The molecule has 1 aliphatic rings. The lowest BCUT2D eigenvalue weighted by Gasteiger charge is -2.31. The first-order valence-electron chi connectivity index (χ1n) is 5.86. The van der Waals surface area contributed by atoms with Crippen molar-refractivity contribution in [3.05, 3.63) is 34.9 Å². The summed E-state index contributed by atoms with van der Waals surface area (Å²) in [4.78, 5) is 2.38. The molecule has 1 heterocycles. The molecular weight excluding hydrogens is 222 g/mol. The molecule has 0 aromatic heterocycles. The number of piperidine rings is 1. The second-order valence-corrected chi connectivity index (χ2v) is 4.92. The molecule has 1 saturated heterocycles. The SMILES string of the molecule is OCC1CCCN(Cc2ccccc2Cl)C1. The van der Waals surface area contributed by atoms with Crippen LogP contribution in [0.2, 0.25) is 5.02 Å². The van der Waals surface area contributed by atoms with Crippen molar-refractivity contribution in [2.24, 2.45) is 5.92 Å². The minimum atomic E-state index is 0.305. The highest BCUT2D eigenvalue weighted by atomic mass is 35.5. The van der Waals surface area contributed by atoms with Crippen LogP contribution in [0.4, 0.5) is 0 Å². The lowest BCUT2D eigenvalue weighted by molar-refractivity contribution is 0.116. The lowest BCUT2D eigenvalue weighted by atomic mass is 9.98. The maximum atomic E-state index is 9.18. The number of halogens is 1. The monoisotopic (exact) mass is 239 g/mol. The van der Waals surface area contributed by atoms with Gasteiger partial charge in [-0.1, -0.05) is 29.8 Å². The summed E-state index contributed by atoms with van der Waals surface area (Å²) in [7, 11) is 0. The van der Waals surface area contributed by atoms with Gasteiger partial charge in [-0.3, -0.25) is 4.90 Å². The van der Waals surface area contributed by atoms with Crippen LogP contribution in [-0.4, -0.2) is 29.7 Å². The molecule has 1 N–H and O–H groups in total. The van der Waals surface area contributed by atoms with Gasteiger partial charge in [-0.15, -0.1) is 0 Å². The molecule has 16 heavy (non-hydrogen) atoms. The molecule has 0 amide bonds. The third-order valence-corrected chi connectivity index (χ3v) is 3.58. The zero-order chi connectivity index (χ0) is 11.4. The molecule has 2 rings (SSSR count). The number of nitrogens with zero attached hydrogens (tertiary/aromatic N) is 1. The van der Waals surface area contributed by atoms with Gasteiger partial charge in [0.15, 0.2) is 0 Å². The molecule has 0 saturated carbocycles. The van der Waals surface area contributed by atoms with Crippen molar-refractivity contribution in [2.45, 2.75) is 19.4 Å². The summed E-state index contributed by atoms with van der Waals surface area (Å²) in [5.74, 6) is 0.441. The minimum Gasteiger partial charge on any atom is -0.396 e. The van der Waals surface area contributed by atoms with Crippen molar-refractivity contribution < 1.29 is 5.11 Å². The van der Waals surface area contributed by atoms with Crippen LogP contribution in [0.25, 0.3) is 0 Å². The van der Waals surface area contributed by atoms with Gasteiger partial charge >= 0.3 is 0 Å². The molecule has 0 spiro atoms. The van der Waals surface area contributed by atoms with Crippen molar-refractivity contribution >= 4 is 11.6 Å². The van der Waals surface area contributed by atoms with E-state index in [1.807, 2.05) is 18.2 Å². The third-order valence-electron chi connectivity index (χ3n) is 3.21. The van der Waals surface area contributed by atoms with Gasteiger partial charge in [-0.2, -0.15) is 0 Å². The molecule has 0 radical (unpaired) electrons. The topological polar surface area (TPSA) is 23.5 Å². The Morgan fingerprint density at radius 3 is 2.94 bits per heavy atom. The van der Waals surface area contributed by atoms with Crippen molar-refractivity contribution in [3.8, 4) is 0 Å². The van der Waals surface area contributed by atoms with Crippen molar-refractivity contribution in [2.75, 3.05) is 19.7 Å². The van der Waals surface area contributed by atoms with Crippen LogP contribution in [0.3, 0.4) is 0 Å². The van der Waals surface area contributed by atoms with E-state index >= 15 is 0 Å². The van der Waals surface area contributed by atoms with Gasteiger partial charge in [0.1, 0.15) is 0 Å². The molecule has 88 valence electrons. The van der Waals surface area contributed by atoms with Gasteiger partial charge in [-0.25, -0.2) is 0 Å². The Kier molecular flexibility index (Phi) is 4.22. The highest BCUT2D eigenvalue weighted by Gasteiger charge is 2.19. The average Bonchev–Trinajstić information content (AvgIpc) is 2.32. The summed E-state index contributed by atoms with van der Waals surface area (Å²) in [6.07, 6.45) is 2.32. The van der Waals surface area contributed by atoms with Crippen molar-refractivity contribution in [1.82, 2.24) is 4.90 Å². The fraction of sp³-hybridized carbons (Fsp3) is 0.538. The summed E-state index contributed by atoms with van der Waals surface area (Å²) >= 11 is 6.14. The van der Waals surface area contributed by atoms with Crippen LogP contribution in [0, 0.1) is 5.92 Å². The molecule has 1 aliphatic heterocycles. The number of hydrogen-bond acceptors (Lipinski definition) is 2. The Labute approximate surface area is 102 Å². The minimum absolute atomic E-state index is 0.305. The fourth-order valence-corrected chi connectivity index (χ4v) is 2.51. The second-order valence-electron chi connectivity index (χ2n) is 4.52. The molecular formula is C13H18ClNO. The van der Waals surface area contributed by atoms with Gasteiger partial charge in [0, 0.05) is 24.7 Å². The van der Waals surface area contributed by atoms with Gasteiger partial charge < -0.3 is 5.11 Å².